The predicted octanol–water partition coefficient (Wildman–Crippen LogP) is 4.10. The highest BCUT2D eigenvalue weighted by Gasteiger charge is 2.19. The lowest BCUT2D eigenvalue weighted by Gasteiger charge is -2.05. The van der Waals surface area contributed by atoms with Crippen LogP contribution in [-0.2, 0) is 12.3 Å². The van der Waals surface area contributed by atoms with Gasteiger partial charge in [-0.2, -0.15) is 5.26 Å². The molecule has 0 aromatic heterocycles. The van der Waals surface area contributed by atoms with Crippen LogP contribution in [0.5, 0.6) is 0 Å². The summed E-state index contributed by atoms with van der Waals surface area (Å²) in [5.74, 6) is 0.936. The number of thioether (sulfide) groups is 1. The molecule has 0 spiro atoms. The van der Waals surface area contributed by atoms with Gasteiger partial charge in [-0.3, -0.25) is 0 Å². The van der Waals surface area contributed by atoms with Crippen LogP contribution in [0.3, 0.4) is 0 Å². The summed E-state index contributed by atoms with van der Waals surface area (Å²) < 4.78 is 0. The summed E-state index contributed by atoms with van der Waals surface area (Å²) in [5, 5.41) is 12.3. The Bertz CT molecular complexity index is 622. The third-order valence-electron chi connectivity index (χ3n) is 3.58. The van der Waals surface area contributed by atoms with Crippen molar-refractivity contribution in [3.8, 4) is 6.07 Å². The van der Waals surface area contributed by atoms with E-state index in [0.29, 0.717) is 0 Å². The Hall–Kier alpha value is -1.76. The highest BCUT2D eigenvalue weighted by Crippen LogP contribution is 2.24. The molecule has 2 nitrogen and oxygen atoms in total. The summed E-state index contributed by atoms with van der Waals surface area (Å²) in [5.41, 5.74) is 3.32. The molecule has 106 valence electrons. The van der Waals surface area contributed by atoms with Crippen molar-refractivity contribution in [2.24, 2.45) is 0 Å². The number of benzene rings is 2. The molecular formula is C18H18N2S. The topological polar surface area (TPSA) is 35.8 Å². The number of hydrogen-bond acceptors (Lipinski definition) is 3. The number of hydrogen-bond donors (Lipinski definition) is 1. The van der Waals surface area contributed by atoms with Gasteiger partial charge in [0.25, 0.3) is 0 Å². The van der Waals surface area contributed by atoms with Gasteiger partial charge in [-0.25, -0.2) is 0 Å². The van der Waals surface area contributed by atoms with Gasteiger partial charge in [-0.1, -0.05) is 24.3 Å². The van der Waals surface area contributed by atoms with E-state index in [9.17, 15) is 0 Å². The first kappa shape index (κ1) is 14.2. The minimum atomic E-state index is 0.719. The van der Waals surface area contributed by atoms with Gasteiger partial charge in [0.15, 0.2) is 0 Å². The van der Waals surface area contributed by atoms with Gasteiger partial charge in [0.2, 0.25) is 0 Å². The van der Waals surface area contributed by atoms with Crippen LogP contribution in [0, 0.1) is 11.3 Å². The maximum atomic E-state index is 8.78. The summed E-state index contributed by atoms with van der Waals surface area (Å²) in [4.78, 5) is 1.29. The molecule has 2 aromatic carbocycles. The Balaban J connectivity index is 1.50. The maximum Gasteiger partial charge on any atom is 0.0991 e. The molecule has 1 aliphatic carbocycles. The molecule has 1 fully saturated rings. The summed E-state index contributed by atoms with van der Waals surface area (Å²) >= 11 is 1.83. The predicted molar refractivity (Wildman–Crippen MR) is 87.0 cm³/mol. The van der Waals surface area contributed by atoms with Crippen LogP contribution in [-0.4, -0.2) is 6.04 Å². The van der Waals surface area contributed by atoms with Crippen LogP contribution in [0.1, 0.15) is 29.5 Å². The van der Waals surface area contributed by atoms with E-state index in [1.165, 1.54) is 28.9 Å². The van der Waals surface area contributed by atoms with Gasteiger partial charge in [-0.15, -0.1) is 11.8 Å². The van der Waals surface area contributed by atoms with E-state index in [2.05, 4.69) is 35.7 Å². The molecule has 0 aliphatic heterocycles. The van der Waals surface area contributed by atoms with Gasteiger partial charge in [0, 0.05) is 23.2 Å². The fraction of sp³-hybridized carbons (Fsp3) is 0.278. The molecule has 0 heterocycles. The van der Waals surface area contributed by atoms with Gasteiger partial charge < -0.3 is 5.32 Å². The first-order valence-electron chi connectivity index (χ1n) is 7.27. The van der Waals surface area contributed by atoms with Crippen LogP contribution >= 0.6 is 11.8 Å². The van der Waals surface area contributed by atoms with E-state index in [1.54, 1.807) is 0 Å². The Kier molecular flexibility index (Phi) is 4.59. The third kappa shape index (κ3) is 4.35. The zero-order valence-corrected chi connectivity index (χ0v) is 12.7. The summed E-state index contributed by atoms with van der Waals surface area (Å²) in [6.45, 7) is 0.977. The fourth-order valence-electron chi connectivity index (χ4n) is 2.10. The SMILES string of the molecule is N#Cc1ccc(CSc2ccc(CNC3CC3)cc2)cc1. The van der Waals surface area contributed by atoms with Crippen molar-refractivity contribution < 1.29 is 0 Å². The van der Waals surface area contributed by atoms with Gasteiger partial charge in [-0.05, 0) is 48.2 Å². The van der Waals surface area contributed by atoms with Gasteiger partial charge >= 0.3 is 0 Å². The van der Waals surface area contributed by atoms with Crippen LogP contribution < -0.4 is 5.32 Å². The van der Waals surface area contributed by atoms with Crippen molar-refractivity contribution >= 4 is 11.8 Å². The lowest BCUT2D eigenvalue weighted by Crippen LogP contribution is -2.14. The van der Waals surface area contributed by atoms with E-state index in [0.717, 1.165) is 23.9 Å². The monoisotopic (exact) mass is 294 g/mol. The number of nitrogens with zero attached hydrogens (tertiary/aromatic N) is 1. The Morgan fingerprint density at radius 3 is 2.29 bits per heavy atom. The second-order valence-corrected chi connectivity index (χ2v) is 6.45. The molecule has 0 saturated heterocycles. The molecule has 0 bridgehead atoms. The molecular weight excluding hydrogens is 276 g/mol. The fourth-order valence-corrected chi connectivity index (χ4v) is 2.95. The van der Waals surface area contributed by atoms with Crippen molar-refractivity contribution in [2.75, 3.05) is 0 Å². The first-order valence-corrected chi connectivity index (χ1v) is 8.26. The number of rotatable bonds is 6. The first-order chi connectivity index (χ1) is 10.3. The highest BCUT2D eigenvalue weighted by molar-refractivity contribution is 7.98. The van der Waals surface area contributed by atoms with E-state index < -0.39 is 0 Å². The van der Waals surface area contributed by atoms with Crippen molar-refractivity contribution in [1.29, 1.82) is 5.26 Å². The molecule has 1 aliphatic rings. The summed E-state index contributed by atoms with van der Waals surface area (Å²) in [6, 6.07) is 19.5. The quantitative estimate of drug-likeness (QED) is 0.815. The molecule has 0 radical (unpaired) electrons. The zero-order chi connectivity index (χ0) is 14.5. The Labute approximate surface area is 130 Å². The average Bonchev–Trinajstić information content (AvgIpc) is 3.37. The van der Waals surface area contributed by atoms with Crippen molar-refractivity contribution in [3.63, 3.8) is 0 Å². The third-order valence-corrected chi connectivity index (χ3v) is 4.67. The Morgan fingerprint density at radius 1 is 1.00 bits per heavy atom. The van der Waals surface area contributed by atoms with Crippen LogP contribution in [0.15, 0.2) is 53.4 Å². The van der Waals surface area contributed by atoms with Crippen molar-refractivity contribution in [2.45, 2.75) is 36.1 Å². The second-order valence-electron chi connectivity index (χ2n) is 5.40. The highest BCUT2D eigenvalue weighted by atomic mass is 32.2. The van der Waals surface area contributed by atoms with Gasteiger partial charge in [0.1, 0.15) is 0 Å². The standard InChI is InChI=1S/C18H18N2S/c19-11-14-1-3-16(4-2-14)13-21-18-9-5-15(6-10-18)12-20-17-7-8-17/h1-6,9-10,17,20H,7-8,12-13H2. The Morgan fingerprint density at radius 2 is 1.67 bits per heavy atom. The van der Waals surface area contributed by atoms with E-state index in [-0.39, 0.29) is 0 Å². The van der Waals surface area contributed by atoms with E-state index in [4.69, 9.17) is 5.26 Å². The van der Waals surface area contributed by atoms with Crippen molar-refractivity contribution in [3.05, 3.63) is 65.2 Å². The summed E-state index contributed by atoms with van der Waals surface area (Å²) in [7, 11) is 0. The minimum Gasteiger partial charge on any atom is -0.310 e. The normalized spacial score (nSPS) is 13.9. The van der Waals surface area contributed by atoms with E-state index >= 15 is 0 Å². The molecule has 2 aromatic rings. The molecule has 3 rings (SSSR count). The molecule has 0 unspecified atom stereocenters. The molecule has 1 saturated carbocycles. The number of nitrogens with one attached hydrogen (secondary N) is 1. The molecule has 3 heteroatoms. The minimum absolute atomic E-state index is 0.719. The lowest BCUT2D eigenvalue weighted by molar-refractivity contribution is 0.687. The largest absolute Gasteiger partial charge is 0.310 e. The zero-order valence-electron chi connectivity index (χ0n) is 11.9. The molecule has 0 atom stereocenters. The maximum absolute atomic E-state index is 8.78. The van der Waals surface area contributed by atoms with Gasteiger partial charge in [0.05, 0.1) is 11.6 Å². The smallest absolute Gasteiger partial charge is 0.0991 e. The molecule has 0 amide bonds. The summed E-state index contributed by atoms with van der Waals surface area (Å²) in [6.07, 6.45) is 2.66. The van der Waals surface area contributed by atoms with E-state index in [1.807, 2.05) is 36.0 Å². The van der Waals surface area contributed by atoms with Crippen LogP contribution in [0.25, 0.3) is 0 Å². The van der Waals surface area contributed by atoms with Crippen LogP contribution in [0.4, 0.5) is 0 Å². The number of nitriles is 1. The second kappa shape index (κ2) is 6.80. The average molecular weight is 294 g/mol. The van der Waals surface area contributed by atoms with Crippen molar-refractivity contribution in [1.82, 2.24) is 5.32 Å². The molecule has 1 N–H and O–H groups in total. The molecule has 21 heavy (non-hydrogen) atoms. The lowest BCUT2D eigenvalue weighted by atomic mass is 10.2. The van der Waals surface area contributed by atoms with Crippen LogP contribution in [0.2, 0.25) is 0 Å².